The van der Waals surface area contributed by atoms with Crippen LogP contribution >= 0.6 is 11.6 Å². The lowest BCUT2D eigenvalue weighted by Gasteiger charge is -2.09. The first-order chi connectivity index (χ1) is 12.1. The van der Waals surface area contributed by atoms with Gasteiger partial charge in [0.1, 0.15) is 17.5 Å². The van der Waals surface area contributed by atoms with E-state index in [0.717, 1.165) is 0 Å². The van der Waals surface area contributed by atoms with Crippen molar-refractivity contribution in [3.8, 4) is 0 Å². The maximum absolute atomic E-state index is 13.6. The summed E-state index contributed by atoms with van der Waals surface area (Å²) in [5.41, 5.74) is 1.22. The average Bonchev–Trinajstić information content (AvgIpc) is 2.60. The summed E-state index contributed by atoms with van der Waals surface area (Å²) in [5, 5.41) is 6.10. The third-order valence-corrected chi connectivity index (χ3v) is 3.78. The summed E-state index contributed by atoms with van der Waals surface area (Å²) in [6.07, 6.45) is 2.12. The lowest BCUT2D eigenvalue weighted by molar-refractivity contribution is 0.610. The van der Waals surface area contributed by atoms with Gasteiger partial charge in [-0.2, -0.15) is 4.98 Å². The van der Waals surface area contributed by atoms with Crippen molar-refractivity contribution in [1.29, 1.82) is 0 Å². The van der Waals surface area contributed by atoms with Crippen LogP contribution in [-0.2, 0) is 6.42 Å². The molecule has 1 aromatic heterocycles. The fraction of sp³-hybridized carbons (Fsp3) is 0.111. The van der Waals surface area contributed by atoms with E-state index in [1.54, 1.807) is 36.5 Å². The van der Waals surface area contributed by atoms with E-state index < -0.39 is 5.82 Å². The van der Waals surface area contributed by atoms with Gasteiger partial charge in [-0.3, -0.25) is 0 Å². The number of nitrogens with one attached hydrogen (secondary N) is 2. The molecule has 3 rings (SSSR count). The summed E-state index contributed by atoms with van der Waals surface area (Å²) < 4.78 is 26.8. The van der Waals surface area contributed by atoms with Crippen LogP contribution in [-0.4, -0.2) is 16.5 Å². The number of rotatable bonds is 6. The minimum atomic E-state index is -0.489. The van der Waals surface area contributed by atoms with Crippen LogP contribution in [0.5, 0.6) is 0 Å². The highest BCUT2D eigenvalue weighted by atomic mass is 35.5. The third kappa shape index (κ3) is 4.64. The maximum Gasteiger partial charge on any atom is 0.229 e. The van der Waals surface area contributed by atoms with Gasteiger partial charge in [-0.15, -0.1) is 0 Å². The minimum Gasteiger partial charge on any atom is -0.370 e. The van der Waals surface area contributed by atoms with E-state index >= 15 is 0 Å². The van der Waals surface area contributed by atoms with Gasteiger partial charge in [0.05, 0.1) is 5.02 Å². The summed E-state index contributed by atoms with van der Waals surface area (Å²) in [4.78, 5) is 8.42. The number of nitrogens with zero attached hydrogens (tertiary/aromatic N) is 2. The first kappa shape index (κ1) is 17.1. The number of anilines is 3. The van der Waals surface area contributed by atoms with E-state index in [0.29, 0.717) is 36.0 Å². The molecule has 0 aliphatic rings. The Bertz CT molecular complexity index is 873. The normalized spacial score (nSPS) is 10.5. The van der Waals surface area contributed by atoms with Gasteiger partial charge in [0, 0.05) is 18.4 Å². The Hall–Kier alpha value is -2.73. The zero-order chi connectivity index (χ0) is 17.6. The molecule has 0 amide bonds. The molecule has 0 aliphatic carbocycles. The van der Waals surface area contributed by atoms with Crippen molar-refractivity contribution in [2.45, 2.75) is 6.42 Å². The van der Waals surface area contributed by atoms with Crippen LogP contribution in [0.2, 0.25) is 5.02 Å². The molecule has 0 unspecified atom stereocenters. The van der Waals surface area contributed by atoms with Gasteiger partial charge in [0.25, 0.3) is 0 Å². The second kappa shape index (κ2) is 7.90. The van der Waals surface area contributed by atoms with Crippen molar-refractivity contribution in [3.63, 3.8) is 0 Å². The van der Waals surface area contributed by atoms with Crippen LogP contribution in [0.3, 0.4) is 0 Å². The number of hydrogen-bond acceptors (Lipinski definition) is 4. The predicted octanol–water partition coefficient (Wildman–Crippen LogP) is 4.81. The summed E-state index contributed by atoms with van der Waals surface area (Å²) in [5.74, 6) is 0.236. The third-order valence-electron chi connectivity index (χ3n) is 3.49. The van der Waals surface area contributed by atoms with E-state index in [2.05, 4.69) is 20.6 Å². The first-order valence-corrected chi connectivity index (χ1v) is 8.02. The van der Waals surface area contributed by atoms with Gasteiger partial charge in [0.2, 0.25) is 5.95 Å². The molecule has 0 bridgehead atoms. The Morgan fingerprint density at radius 1 is 1.00 bits per heavy atom. The van der Waals surface area contributed by atoms with Gasteiger partial charge >= 0.3 is 0 Å². The van der Waals surface area contributed by atoms with E-state index in [9.17, 15) is 8.78 Å². The molecule has 128 valence electrons. The van der Waals surface area contributed by atoms with E-state index in [-0.39, 0.29) is 10.8 Å². The molecule has 25 heavy (non-hydrogen) atoms. The summed E-state index contributed by atoms with van der Waals surface area (Å²) in [6, 6.07) is 12.6. The monoisotopic (exact) mass is 360 g/mol. The van der Waals surface area contributed by atoms with Gasteiger partial charge in [-0.25, -0.2) is 13.8 Å². The van der Waals surface area contributed by atoms with Gasteiger partial charge in [0.15, 0.2) is 0 Å². The van der Waals surface area contributed by atoms with E-state index in [4.69, 9.17) is 11.6 Å². The van der Waals surface area contributed by atoms with Crippen LogP contribution in [0.4, 0.5) is 26.2 Å². The molecule has 1 heterocycles. The van der Waals surface area contributed by atoms with Crippen LogP contribution in [0.15, 0.2) is 54.7 Å². The zero-order valence-corrected chi connectivity index (χ0v) is 13.9. The highest BCUT2D eigenvalue weighted by Crippen LogP contribution is 2.21. The molecule has 4 nitrogen and oxygen atoms in total. The standard InChI is InChI=1S/C18H15ClF2N4/c19-14-11-13(5-6-16(14)21)24-18-23-10-8-17(25-18)22-9-7-12-3-1-2-4-15(12)20/h1-6,8,10-11H,7,9H2,(H2,22,23,24,25). The highest BCUT2D eigenvalue weighted by Gasteiger charge is 2.04. The molecule has 0 spiro atoms. The molecule has 0 radical (unpaired) electrons. The van der Waals surface area contributed by atoms with Crippen LogP contribution in [0.25, 0.3) is 0 Å². The molecule has 7 heteroatoms. The van der Waals surface area contributed by atoms with E-state index in [1.807, 2.05) is 0 Å². The molecule has 0 fully saturated rings. The Morgan fingerprint density at radius 2 is 1.84 bits per heavy atom. The second-order valence-corrected chi connectivity index (χ2v) is 5.69. The molecular weight excluding hydrogens is 346 g/mol. The number of hydrogen-bond donors (Lipinski definition) is 2. The molecular formula is C18H15ClF2N4. The Morgan fingerprint density at radius 3 is 2.64 bits per heavy atom. The lowest BCUT2D eigenvalue weighted by Crippen LogP contribution is -2.08. The van der Waals surface area contributed by atoms with Crippen molar-refractivity contribution in [2.24, 2.45) is 0 Å². The Labute approximate surface area is 148 Å². The minimum absolute atomic E-state index is 0.0177. The van der Waals surface area contributed by atoms with Crippen molar-refractivity contribution < 1.29 is 8.78 Å². The fourth-order valence-electron chi connectivity index (χ4n) is 2.25. The molecule has 0 saturated carbocycles. The smallest absolute Gasteiger partial charge is 0.229 e. The molecule has 0 atom stereocenters. The summed E-state index contributed by atoms with van der Waals surface area (Å²) in [7, 11) is 0. The molecule has 0 aliphatic heterocycles. The Kier molecular flexibility index (Phi) is 5.40. The number of halogens is 3. The molecule has 2 aromatic carbocycles. The van der Waals surface area contributed by atoms with Gasteiger partial charge in [-0.1, -0.05) is 29.8 Å². The maximum atomic E-state index is 13.6. The molecule has 3 aromatic rings. The first-order valence-electron chi connectivity index (χ1n) is 7.64. The lowest BCUT2D eigenvalue weighted by atomic mass is 10.1. The molecule has 2 N–H and O–H groups in total. The van der Waals surface area contributed by atoms with Crippen molar-refractivity contribution in [1.82, 2.24) is 9.97 Å². The Balaban J connectivity index is 1.61. The quantitative estimate of drug-likeness (QED) is 0.662. The van der Waals surface area contributed by atoms with Crippen LogP contribution in [0.1, 0.15) is 5.56 Å². The number of aromatic nitrogens is 2. The van der Waals surface area contributed by atoms with Crippen molar-refractivity contribution in [2.75, 3.05) is 17.2 Å². The summed E-state index contributed by atoms with van der Waals surface area (Å²) >= 11 is 5.75. The van der Waals surface area contributed by atoms with E-state index in [1.165, 1.54) is 18.2 Å². The SMILES string of the molecule is Fc1ccc(Nc2nccc(NCCc3ccccc3F)n2)cc1Cl. The largest absolute Gasteiger partial charge is 0.370 e. The van der Waals surface area contributed by atoms with Crippen molar-refractivity contribution >= 4 is 29.1 Å². The number of benzene rings is 2. The van der Waals surface area contributed by atoms with Crippen LogP contribution in [0, 0.1) is 11.6 Å². The average molecular weight is 361 g/mol. The van der Waals surface area contributed by atoms with Gasteiger partial charge < -0.3 is 10.6 Å². The molecule has 0 saturated heterocycles. The zero-order valence-electron chi connectivity index (χ0n) is 13.1. The highest BCUT2D eigenvalue weighted by molar-refractivity contribution is 6.31. The predicted molar refractivity (Wildman–Crippen MR) is 95.3 cm³/mol. The van der Waals surface area contributed by atoms with Gasteiger partial charge in [-0.05, 0) is 42.3 Å². The topological polar surface area (TPSA) is 49.8 Å². The van der Waals surface area contributed by atoms with Crippen LogP contribution < -0.4 is 10.6 Å². The second-order valence-electron chi connectivity index (χ2n) is 5.29. The van der Waals surface area contributed by atoms with Crippen molar-refractivity contribution in [3.05, 3.63) is 76.9 Å². The fourth-order valence-corrected chi connectivity index (χ4v) is 2.43. The summed E-state index contributed by atoms with van der Waals surface area (Å²) in [6.45, 7) is 0.528.